The molecular formula is C15H19N3O2. The molecule has 1 spiro atoms. The summed E-state index contributed by atoms with van der Waals surface area (Å²) in [4.78, 5) is 26.2. The Morgan fingerprint density at radius 3 is 3.05 bits per heavy atom. The molecule has 2 heterocycles. The topological polar surface area (TPSA) is 61.4 Å². The summed E-state index contributed by atoms with van der Waals surface area (Å²) in [5.41, 5.74) is 1.35. The maximum atomic E-state index is 12.4. The lowest BCUT2D eigenvalue weighted by Crippen LogP contribution is -2.43. The molecule has 0 saturated carbocycles. The van der Waals surface area contributed by atoms with Crippen molar-refractivity contribution in [1.29, 1.82) is 0 Å². The van der Waals surface area contributed by atoms with E-state index in [0.29, 0.717) is 26.1 Å². The van der Waals surface area contributed by atoms with Crippen LogP contribution >= 0.6 is 0 Å². The lowest BCUT2D eigenvalue weighted by atomic mass is 9.81. The Hall–Kier alpha value is -2.04. The third-order valence-electron chi connectivity index (χ3n) is 4.21. The predicted molar refractivity (Wildman–Crippen MR) is 76.6 cm³/mol. The molecule has 2 N–H and O–H groups in total. The first kappa shape index (κ1) is 13.0. The molecule has 1 aromatic carbocycles. The number of amides is 3. The van der Waals surface area contributed by atoms with E-state index in [0.717, 1.165) is 17.7 Å². The van der Waals surface area contributed by atoms with E-state index in [9.17, 15) is 9.59 Å². The fraction of sp³-hybridized carbons (Fsp3) is 0.467. The number of benzene rings is 1. The van der Waals surface area contributed by atoms with E-state index in [-0.39, 0.29) is 11.9 Å². The summed E-state index contributed by atoms with van der Waals surface area (Å²) >= 11 is 0. The standard InChI is InChI=1S/C15H19N3O2/c1-2-8-16-14(20)18-9-7-15(10-18)11-5-3-4-6-12(11)17-13(15)19/h3-6H,2,7-10H2,1H3,(H,16,20)(H,17,19). The SMILES string of the molecule is CCCNC(=O)N1CCC2(C1)C(=O)Nc1ccccc12. The number of nitrogens with one attached hydrogen (secondary N) is 2. The van der Waals surface area contributed by atoms with Crippen LogP contribution in [0.4, 0.5) is 10.5 Å². The molecule has 2 aliphatic rings. The van der Waals surface area contributed by atoms with Crippen LogP contribution in [0.15, 0.2) is 24.3 Å². The maximum Gasteiger partial charge on any atom is 0.317 e. The number of rotatable bonds is 2. The van der Waals surface area contributed by atoms with Crippen molar-refractivity contribution in [3.8, 4) is 0 Å². The van der Waals surface area contributed by atoms with Crippen LogP contribution in [0, 0.1) is 0 Å². The second-order valence-corrected chi connectivity index (χ2v) is 5.49. The molecule has 3 amide bonds. The largest absolute Gasteiger partial charge is 0.338 e. The lowest BCUT2D eigenvalue weighted by molar-refractivity contribution is -0.120. The van der Waals surface area contributed by atoms with Crippen LogP contribution in [-0.2, 0) is 10.2 Å². The van der Waals surface area contributed by atoms with E-state index in [4.69, 9.17) is 0 Å². The van der Waals surface area contributed by atoms with Gasteiger partial charge in [-0.15, -0.1) is 0 Å². The maximum absolute atomic E-state index is 12.4. The molecule has 3 rings (SSSR count). The van der Waals surface area contributed by atoms with E-state index >= 15 is 0 Å². The Balaban J connectivity index is 1.82. The van der Waals surface area contributed by atoms with E-state index in [1.54, 1.807) is 4.90 Å². The van der Waals surface area contributed by atoms with Gasteiger partial charge in [0.15, 0.2) is 0 Å². The van der Waals surface area contributed by atoms with E-state index in [1.807, 2.05) is 31.2 Å². The minimum atomic E-state index is -0.555. The van der Waals surface area contributed by atoms with Gasteiger partial charge in [0, 0.05) is 25.3 Å². The van der Waals surface area contributed by atoms with Crippen molar-refractivity contribution in [3.63, 3.8) is 0 Å². The molecule has 5 heteroatoms. The molecule has 1 fully saturated rings. The zero-order valence-electron chi connectivity index (χ0n) is 11.6. The molecule has 5 nitrogen and oxygen atoms in total. The summed E-state index contributed by atoms with van der Waals surface area (Å²) < 4.78 is 0. The highest BCUT2D eigenvalue weighted by Gasteiger charge is 2.51. The van der Waals surface area contributed by atoms with Gasteiger partial charge in [0.25, 0.3) is 0 Å². The molecule has 1 aromatic rings. The highest BCUT2D eigenvalue weighted by molar-refractivity contribution is 6.07. The number of para-hydroxylation sites is 1. The fourth-order valence-electron chi connectivity index (χ4n) is 3.11. The highest BCUT2D eigenvalue weighted by atomic mass is 16.2. The number of urea groups is 1. The molecule has 2 aliphatic heterocycles. The monoisotopic (exact) mass is 273 g/mol. The minimum Gasteiger partial charge on any atom is -0.338 e. The Morgan fingerprint density at radius 1 is 1.45 bits per heavy atom. The normalized spacial score (nSPS) is 23.9. The number of likely N-dealkylation sites (tertiary alicyclic amines) is 1. The molecule has 106 valence electrons. The van der Waals surface area contributed by atoms with Crippen molar-refractivity contribution in [2.24, 2.45) is 0 Å². The van der Waals surface area contributed by atoms with Crippen LogP contribution in [0.2, 0.25) is 0 Å². The Labute approximate surface area is 118 Å². The molecule has 0 bridgehead atoms. The van der Waals surface area contributed by atoms with Gasteiger partial charge in [-0.2, -0.15) is 0 Å². The number of fused-ring (bicyclic) bond motifs is 2. The van der Waals surface area contributed by atoms with E-state index in [2.05, 4.69) is 10.6 Å². The molecule has 0 aliphatic carbocycles. The second-order valence-electron chi connectivity index (χ2n) is 5.49. The third kappa shape index (κ3) is 1.85. The van der Waals surface area contributed by atoms with Gasteiger partial charge < -0.3 is 15.5 Å². The molecular weight excluding hydrogens is 254 g/mol. The fourth-order valence-corrected chi connectivity index (χ4v) is 3.11. The van der Waals surface area contributed by atoms with Crippen molar-refractivity contribution < 1.29 is 9.59 Å². The highest BCUT2D eigenvalue weighted by Crippen LogP contribution is 2.43. The summed E-state index contributed by atoms with van der Waals surface area (Å²) in [5.74, 6) is 0.0180. The average molecular weight is 273 g/mol. The van der Waals surface area contributed by atoms with Crippen LogP contribution in [0.5, 0.6) is 0 Å². The predicted octanol–water partition coefficient (Wildman–Crippen LogP) is 1.70. The number of hydrogen-bond acceptors (Lipinski definition) is 2. The van der Waals surface area contributed by atoms with Crippen molar-refractivity contribution in [1.82, 2.24) is 10.2 Å². The summed E-state index contributed by atoms with van der Waals surface area (Å²) in [6, 6.07) is 7.70. The molecule has 20 heavy (non-hydrogen) atoms. The first-order valence-corrected chi connectivity index (χ1v) is 7.11. The van der Waals surface area contributed by atoms with Crippen molar-refractivity contribution in [2.45, 2.75) is 25.2 Å². The average Bonchev–Trinajstić information content (AvgIpc) is 3.02. The summed E-state index contributed by atoms with van der Waals surface area (Å²) in [6.45, 7) is 3.78. The van der Waals surface area contributed by atoms with Gasteiger partial charge in [-0.25, -0.2) is 4.79 Å². The molecule has 1 unspecified atom stereocenters. The van der Waals surface area contributed by atoms with Gasteiger partial charge in [-0.3, -0.25) is 4.79 Å². The third-order valence-corrected chi connectivity index (χ3v) is 4.21. The molecule has 1 atom stereocenters. The Kier molecular flexibility index (Phi) is 3.12. The number of carbonyl (C=O) groups excluding carboxylic acids is 2. The summed E-state index contributed by atoms with van der Waals surface area (Å²) in [6.07, 6.45) is 1.60. The van der Waals surface area contributed by atoms with Crippen LogP contribution in [0.1, 0.15) is 25.3 Å². The smallest absolute Gasteiger partial charge is 0.317 e. The Morgan fingerprint density at radius 2 is 2.25 bits per heavy atom. The van der Waals surface area contributed by atoms with Crippen LogP contribution in [0.3, 0.4) is 0 Å². The van der Waals surface area contributed by atoms with E-state index < -0.39 is 5.41 Å². The summed E-state index contributed by atoms with van der Waals surface area (Å²) in [5, 5.41) is 5.81. The Bertz CT molecular complexity index is 558. The van der Waals surface area contributed by atoms with Gasteiger partial charge in [-0.05, 0) is 24.5 Å². The van der Waals surface area contributed by atoms with Gasteiger partial charge in [0.1, 0.15) is 0 Å². The summed E-state index contributed by atoms with van der Waals surface area (Å²) in [7, 11) is 0. The zero-order valence-corrected chi connectivity index (χ0v) is 11.6. The molecule has 0 radical (unpaired) electrons. The second kappa shape index (κ2) is 4.81. The van der Waals surface area contributed by atoms with Gasteiger partial charge >= 0.3 is 6.03 Å². The van der Waals surface area contributed by atoms with Gasteiger partial charge in [0.2, 0.25) is 5.91 Å². The van der Waals surface area contributed by atoms with Crippen molar-refractivity contribution in [2.75, 3.05) is 25.0 Å². The number of anilines is 1. The molecule has 1 saturated heterocycles. The van der Waals surface area contributed by atoms with Crippen LogP contribution in [-0.4, -0.2) is 36.5 Å². The van der Waals surface area contributed by atoms with E-state index in [1.165, 1.54) is 0 Å². The van der Waals surface area contributed by atoms with Crippen molar-refractivity contribution in [3.05, 3.63) is 29.8 Å². The quantitative estimate of drug-likeness (QED) is 0.861. The lowest BCUT2D eigenvalue weighted by Gasteiger charge is -2.22. The number of hydrogen-bond donors (Lipinski definition) is 2. The van der Waals surface area contributed by atoms with Gasteiger partial charge in [0.05, 0.1) is 5.41 Å². The first-order valence-electron chi connectivity index (χ1n) is 7.11. The zero-order chi connectivity index (χ0) is 14.2. The minimum absolute atomic E-state index is 0.0180. The molecule has 0 aromatic heterocycles. The van der Waals surface area contributed by atoms with Crippen LogP contribution in [0.25, 0.3) is 0 Å². The van der Waals surface area contributed by atoms with Gasteiger partial charge in [-0.1, -0.05) is 25.1 Å². The first-order chi connectivity index (χ1) is 9.67. The number of nitrogens with zero attached hydrogens (tertiary/aromatic N) is 1. The number of carbonyl (C=O) groups is 2. The van der Waals surface area contributed by atoms with Crippen molar-refractivity contribution >= 4 is 17.6 Å². The van der Waals surface area contributed by atoms with Crippen LogP contribution < -0.4 is 10.6 Å².